The van der Waals surface area contributed by atoms with E-state index >= 15 is 0 Å². The molecule has 0 spiro atoms. The molecule has 3 saturated carbocycles. The Hall–Kier alpha value is -1.51. The highest BCUT2D eigenvalue weighted by Gasteiger charge is 2.47. The first-order valence-electron chi connectivity index (χ1n) is 12.4. The van der Waals surface area contributed by atoms with E-state index in [0.29, 0.717) is 17.8 Å². The van der Waals surface area contributed by atoms with Crippen LogP contribution >= 0.6 is 0 Å². The van der Waals surface area contributed by atoms with E-state index < -0.39 is 0 Å². The maximum Gasteiger partial charge on any atom is 0.105 e. The third-order valence-electron chi connectivity index (χ3n) is 7.94. The SMILES string of the molecule is CN=C(/C=C/C/C(C)=C(C)/C=C/C1CCCC(N=O)(C2CC2)CC1)C1CCCCC1. The summed E-state index contributed by atoms with van der Waals surface area (Å²) in [7, 11) is 1.94. The molecule has 0 aromatic rings. The summed E-state index contributed by atoms with van der Waals surface area (Å²) in [5.41, 5.74) is 3.86. The molecule has 3 heteroatoms. The van der Waals surface area contributed by atoms with E-state index in [1.54, 1.807) is 0 Å². The van der Waals surface area contributed by atoms with Gasteiger partial charge in [0.1, 0.15) is 5.54 Å². The molecular weight excluding hydrogens is 368 g/mol. The second-order valence-corrected chi connectivity index (χ2v) is 10.1. The van der Waals surface area contributed by atoms with Gasteiger partial charge in [-0.15, -0.1) is 0 Å². The standard InChI is InChI=1S/C27H42N2O/c1-21(9-7-13-26(28-3)24-11-5-4-6-12-24)22(2)14-15-23-10-8-19-27(29-30,20-18-23)25-16-17-25/h7,13-15,23-25H,4-6,8-12,16-20H2,1-3H3/b13-7+,15-14+,22-21+,28-26?. The second kappa shape index (κ2) is 11.2. The van der Waals surface area contributed by atoms with Gasteiger partial charge in [-0.25, -0.2) is 0 Å². The van der Waals surface area contributed by atoms with Gasteiger partial charge in [0.05, 0.1) is 0 Å². The van der Waals surface area contributed by atoms with Crippen LogP contribution in [0.25, 0.3) is 0 Å². The fourth-order valence-electron chi connectivity index (χ4n) is 5.49. The molecule has 3 aliphatic rings. The molecule has 0 heterocycles. The highest BCUT2D eigenvalue weighted by Crippen LogP contribution is 2.49. The minimum absolute atomic E-state index is 0.231. The molecule has 3 rings (SSSR count). The zero-order chi connectivity index (χ0) is 21.4. The van der Waals surface area contributed by atoms with Crippen LogP contribution in [-0.2, 0) is 0 Å². The number of allylic oxidation sites excluding steroid dienone is 6. The van der Waals surface area contributed by atoms with Crippen molar-refractivity contribution in [3.8, 4) is 0 Å². The van der Waals surface area contributed by atoms with Crippen LogP contribution in [0.3, 0.4) is 0 Å². The Bertz CT molecular complexity index is 692. The molecule has 0 amide bonds. The van der Waals surface area contributed by atoms with Crippen LogP contribution in [0.15, 0.2) is 45.6 Å². The smallest absolute Gasteiger partial charge is 0.105 e. The fourth-order valence-corrected chi connectivity index (χ4v) is 5.49. The average Bonchev–Trinajstić information content (AvgIpc) is 3.63. The van der Waals surface area contributed by atoms with E-state index in [-0.39, 0.29) is 5.54 Å². The summed E-state index contributed by atoms with van der Waals surface area (Å²) in [5, 5.41) is 3.65. The lowest BCUT2D eigenvalue weighted by Gasteiger charge is -2.24. The maximum absolute atomic E-state index is 11.6. The Morgan fingerprint density at radius 1 is 0.933 bits per heavy atom. The predicted octanol–water partition coefficient (Wildman–Crippen LogP) is 7.97. The molecule has 3 aliphatic carbocycles. The zero-order valence-electron chi connectivity index (χ0n) is 19.5. The Balaban J connectivity index is 1.51. The lowest BCUT2D eigenvalue weighted by atomic mass is 9.85. The van der Waals surface area contributed by atoms with Gasteiger partial charge in [0.2, 0.25) is 0 Å². The third-order valence-corrected chi connectivity index (χ3v) is 7.94. The van der Waals surface area contributed by atoms with Crippen molar-refractivity contribution in [3.63, 3.8) is 0 Å². The van der Waals surface area contributed by atoms with Crippen molar-refractivity contribution in [2.24, 2.45) is 27.9 Å². The summed E-state index contributed by atoms with van der Waals surface area (Å²) in [6, 6.07) is 0. The molecule has 0 N–H and O–H groups in total. The molecule has 3 nitrogen and oxygen atoms in total. The van der Waals surface area contributed by atoms with Crippen molar-refractivity contribution in [3.05, 3.63) is 40.4 Å². The monoisotopic (exact) mass is 410 g/mol. The Morgan fingerprint density at radius 3 is 2.37 bits per heavy atom. The van der Waals surface area contributed by atoms with Crippen LogP contribution in [0.4, 0.5) is 0 Å². The van der Waals surface area contributed by atoms with Crippen molar-refractivity contribution in [1.29, 1.82) is 0 Å². The molecule has 2 atom stereocenters. The molecule has 166 valence electrons. The molecule has 30 heavy (non-hydrogen) atoms. The number of aliphatic imine (C=N–C) groups is 1. The van der Waals surface area contributed by atoms with Gasteiger partial charge in [-0.05, 0) is 89.5 Å². The normalized spacial score (nSPS) is 30.5. The summed E-state index contributed by atoms with van der Waals surface area (Å²) in [6.45, 7) is 4.47. The quantitative estimate of drug-likeness (QED) is 0.173. The lowest BCUT2D eigenvalue weighted by Crippen LogP contribution is -2.27. The van der Waals surface area contributed by atoms with Gasteiger partial charge in [-0.3, -0.25) is 4.99 Å². The second-order valence-electron chi connectivity index (χ2n) is 10.1. The van der Waals surface area contributed by atoms with Crippen LogP contribution in [-0.4, -0.2) is 18.3 Å². The summed E-state index contributed by atoms with van der Waals surface area (Å²) >= 11 is 0. The van der Waals surface area contributed by atoms with Gasteiger partial charge in [-0.2, -0.15) is 4.91 Å². The first kappa shape index (κ1) is 23.2. The third kappa shape index (κ3) is 6.25. The van der Waals surface area contributed by atoms with Gasteiger partial charge >= 0.3 is 0 Å². The van der Waals surface area contributed by atoms with Crippen LogP contribution in [0.5, 0.6) is 0 Å². The summed E-state index contributed by atoms with van der Waals surface area (Å²) in [4.78, 5) is 16.1. The zero-order valence-corrected chi connectivity index (χ0v) is 19.5. The van der Waals surface area contributed by atoms with Gasteiger partial charge < -0.3 is 0 Å². The molecule has 0 saturated heterocycles. The van der Waals surface area contributed by atoms with Crippen LogP contribution in [0, 0.1) is 22.7 Å². The predicted molar refractivity (Wildman–Crippen MR) is 129 cm³/mol. The van der Waals surface area contributed by atoms with Gasteiger partial charge in [0, 0.05) is 18.7 Å². The van der Waals surface area contributed by atoms with Crippen molar-refractivity contribution in [2.75, 3.05) is 7.05 Å². The summed E-state index contributed by atoms with van der Waals surface area (Å²) < 4.78 is 0. The lowest BCUT2D eigenvalue weighted by molar-refractivity contribution is 0.322. The minimum Gasteiger partial charge on any atom is -0.293 e. The number of hydrogen-bond acceptors (Lipinski definition) is 3. The number of nitrogens with zero attached hydrogens (tertiary/aromatic N) is 2. The average molecular weight is 411 g/mol. The topological polar surface area (TPSA) is 41.8 Å². The largest absolute Gasteiger partial charge is 0.293 e. The first-order valence-corrected chi connectivity index (χ1v) is 12.4. The Labute approximate surface area is 184 Å². The maximum atomic E-state index is 11.6. The number of nitroso groups, excluding NO2 is 1. The van der Waals surface area contributed by atoms with Crippen LogP contribution in [0.1, 0.15) is 97.3 Å². The van der Waals surface area contributed by atoms with Crippen LogP contribution < -0.4 is 0 Å². The number of rotatable bonds is 8. The Kier molecular flexibility index (Phi) is 8.65. The molecule has 0 bridgehead atoms. The van der Waals surface area contributed by atoms with Crippen molar-refractivity contribution < 1.29 is 0 Å². The fraction of sp³-hybridized carbons (Fsp3) is 0.741. The molecule has 3 fully saturated rings. The molecule has 0 aliphatic heterocycles. The van der Waals surface area contributed by atoms with E-state index in [9.17, 15) is 4.91 Å². The molecule has 0 radical (unpaired) electrons. The highest BCUT2D eigenvalue weighted by atomic mass is 16.3. The minimum atomic E-state index is -0.231. The van der Waals surface area contributed by atoms with Crippen molar-refractivity contribution in [1.82, 2.24) is 0 Å². The Morgan fingerprint density at radius 2 is 1.70 bits per heavy atom. The van der Waals surface area contributed by atoms with Gasteiger partial charge in [-0.1, -0.05) is 60.2 Å². The first-order chi connectivity index (χ1) is 14.6. The van der Waals surface area contributed by atoms with E-state index in [4.69, 9.17) is 0 Å². The van der Waals surface area contributed by atoms with E-state index in [1.807, 2.05) is 7.05 Å². The van der Waals surface area contributed by atoms with E-state index in [0.717, 1.165) is 32.1 Å². The van der Waals surface area contributed by atoms with E-state index in [1.165, 1.54) is 68.2 Å². The van der Waals surface area contributed by atoms with Gasteiger partial charge in [0.15, 0.2) is 0 Å². The summed E-state index contributed by atoms with van der Waals surface area (Å²) in [5.74, 6) is 1.85. The molecule has 0 aromatic heterocycles. The molecular formula is C27H42N2O. The van der Waals surface area contributed by atoms with E-state index in [2.05, 4.69) is 48.3 Å². The van der Waals surface area contributed by atoms with Crippen molar-refractivity contribution in [2.45, 2.75) is 103 Å². The molecule has 2 unspecified atom stereocenters. The highest BCUT2D eigenvalue weighted by molar-refractivity contribution is 5.96. The summed E-state index contributed by atoms with van der Waals surface area (Å²) in [6.07, 6.45) is 24.9. The van der Waals surface area contributed by atoms with Crippen molar-refractivity contribution >= 4 is 5.71 Å². The number of hydrogen-bond donors (Lipinski definition) is 0. The van der Waals surface area contributed by atoms with Gasteiger partial charge in [0.25, 0.3) is 0 Å². The molecule has 0 aromatic carbocycles. The van der Waals surface area contributed by atoms with Crippen LogP contribution in [0.2, 0.25) is 0 Å².